The zero-order valence-corrected chi connectivity index (χ0v) is 23.4. The Labute approximate surface area is 235 Å². The van der Waals surface area contributed by atoms with Gasteiger partial charge in [-0.05, 0) is 55.9 Å². The minimum absolute atomic E-state index is 0.00410. The summed E-state index contributed by atoms with van der Waals surface area (Å²) >= 11 is 0. The van der Waals surface area contributed by atoms with Gasteiger partial charge in [-0.15, -0.1) is 0 Å². The van der Waals surface area contributed by atoms with E-state index in [1.54, 1.807) is 32.7 Å². The molecule has 3 N–H and O–H groups in total. The molecule has 3 amide bonds. The summed E-state index contributed by atoms with van der Waals surface area (Å²) in [5, 5.41) is 9.37. The predicted octanol–water partition coefficient (Wildman–Crippen LogP) is 3.82. The summed E-state index contributed by atoms with van der Waals surface area (Å²) in [4.78, 5) is 40.7. The molecule has 1 aromatic carbocycles. The fourth-order valence-electron chi connectivity index (χ4n) is 4.87. The van der Waals surface area contributed by atoms with Crippen molar-refractivity contribution in [2.75, 3.05) is 63.3 Å². The van der Waals surface area contributed by atoms with E-state index in [1.807, 2.05) is 49.4 Å². The third kappa shape index (κ3) is 6.47. The number of amides is 3. The molecule has 5 rings (SSSR count). The molecule has 1 unspecified atom stereocenters. The number of nitrogens with zero attached hydrogens (tertiary/aromatic N) is 5. The molecule has 1 saturated heterocycles. The highest BCUT2D eigenvalue weighted by atomic mass is 16.2. The summed E-state index contributed by atoms with van der Waals surface area (Å²) in [5.41, 5.74) is 6.28. The summed E-state index contributed by atoms with van der Waals surface area (Å²) in [6.45, 7) is 6.88. The quantitative estimate of drug-likeness (QED) is 0.437. The van der Waals surface area contributed by atoms with E-state index in [2.05, 4.69) is 42.8 Å². The number of benzene rings is 1. The summed E-state index contributed by atoms with van der Waals surface area (Å²) in [6.07, 6.45) is 7.05. The van der Waals surface area contributed by atoms with E-state index in [9.17, 15) is 9.59 Å². The number of carbonyl (C=O) groups excluding carboxylic acids is 2. The molecule has 208 valence electrons. The molecule has 0 bridgehead atoms. The maximum absolute atomic E-state index is 13.6. The molecule has 10 nitrogen and oxygen atoms in total. The highest BCUT2D eigenvalue weighted by Crippen LogP contribution is 2.35. The third-order valence-electron chi connectivity index (χ3n) is 7.14. The summed E-state index contributed by atoms with van der Waals surface area (Å²) in [7, 11) is 5.51. The number of carbonyl (C=O) groups is 2. The number of anilines is 3. The van der Waals surface area contributed by atoms with Gasteiger partial charge in [0.15, 0.2) is 0 Å². The molecular formula is C30H36N8O2. The van der Waals surface area contributed by atoms with Crippen LogP contribution in [-0.2, 0) is 11.3 Å². The van der Waals surface area contributed by atoms with E-state index in [4.69, 9.17) is 0 Å². The molecule has 0 aliphatic carbocycles. The van der Waals surface area contributed by atoms with Crippen molar-refractivity contribution in [2.24, 2.45) is 0 Å². The molecule has 1 atom stereocenters. The molecule has 1 fully saturated rings. The van der Waals surface area contributed by atoms with E-state index in [-0.39, 0.29) is 18.0 Å². The number of hydrogen-bond acceptors (Lipinski definition) is 7. The van der Waals surface area contributed by atoms with Crippen molar-refractivity contribution in [2.45, 2.75) is 19.5 Å². The topological polar surface area (TPSA) is 106 Å². The standard InChI is InChI=1S/C30H36N8O2/c1-20-13-27(29(39)34-23-7-8-32-25(16-23)19-38-11-9-37(4)10-12-38)26-15-21(5-6-28(26)33-20)22-14-24(18-31-17-22)35-30(40)36(2)3/h5-8,13-18,20,33H,9-12,19H2,1-4H3,(H,35,40)(H,32,34,39). The minimum atomic E-state index is -0.229. The lowest BCUT2D eigenvalue weighted by Crippen LogP contribution is -2.44. The first-order valence-corrected chi connectivity index (χ1v) is 13.5. The number of urea groups is 1. The molecule has 2 aromatic heterocycles. The van der Waals surface area contributed by atoms with Crippen molar-refractivity contribution in [3.05, 3.63) is 72.3 Å². The number of aromatic nitrogens is 2. The molecule has 2 aliphatic rings. The van der Waals surface area contributed by atoms with Gasteiger partial charge in [-0.2, -0.15) is 0 Å². The molecule has 10 heteroatoms. The fourth-order valence-corrected chi connectivity index (χ4v) is 4.87. The maximum Gasteiger partial charge on any atom is 0.321 e. The fraction of sp³-hybridized carbons (Fsp3) is 0.333. The van der Waals surface area contributed by atoms with E-state index in [0.29, 0.717) is 11.3 Å². The summed E-state index contributed by atoms with van der Waals surface area (Å²) in [5.74, 6) is -0.173. The van der Waals surface area contributed by atoms with Crippen molar-refractivity contribution < 1.29 is 9.59 Å². The molecule has 0 spiro atoms. The van der Waals surface area contributed by atoms with Crippen molar-refractivity contribution >= 4 is 34.6 Å². The Morgan fingerprint density at radius 1 is 1.00 bits per heavy atom. The lowest BCUT2D eigenvalue weighted by Gasteiger charge is -2.32. The van der Waals surface area contributed by atoms with Crippen molar-refractivity contribution in [3.63, 3.8) is 0 Å². The smallest absolute Gasteiger partial charge is 0.321 e. The van der Waals surface area contributed by atoms with E-state index < -0.39 is 0 Å². The zero-order chi connectivity index (χ0) is 28.2. The van der Waals surface area contributed by atoms with Crippen LogP contribution in [0.1, 0.15) is 18.2 Å². The first-order chi connectivity index (χ1) is 19.2. The summed E-state index contributed by atoms with van der Waals surface area (Å²) in [6, 6.07) is 11.4. The van der Waals surface area contributed by atoms with Crippen LogP contribution in [-0.4, -0.2) is 90.0 Å². The maximum atomic E-state index is 13.6. The van der Waals surface area contributed by atoms with Gasteiger partial charge in [0.25, 0.3) is 5.91 Å². The number of rotatable bonds is 6. The van der Waals surface area contributed by atoms with Gasteiger partial charge in [0.05, 0.1) is 17.6 Å². The van der Waals surface area contributed by atoms with Crippen LogP contribution < -0.4 is 16.0 Å². The number of likely N-dealkylation sites (N-methyl/N-ethyl adjacent to an activating group) is 1. The van der Waals surface area contributed by atoms with Gasteiger partial charge in [-0.25, -0.2) is 4.79 Å². The first-order valence-electron chi connectivity index (χ1n) is 13.5. The van der Waals surface area contributed by atoms with Crippen LogP contribution in [0.5, 0.6) is 0 Å². The molecule has 0 radical (unpaired) electrons. The van der Waals surface area contributed by atoms with Crippen LogP contribution >= 0.6 is 0 Å². The molecule has 4 heterocycles. The number of nitrogens with one attached hydrogen (secondary N) is 3. The Balaban J connectivity index is 1.35. The molecular weight excluding hydrogens is 504 g/mol. The van der Waals surface area contributed by atoms with Crippen LogP contribution in [0.2, 0.25) is 0 Å². The van der Waals surface area contributed by atoms with Crippen molar-refractivity contribution in [1.82, 2.24) is 24.7 Å². The van der Waals surface area contributed by atoms with Gasteiger partial charge in [-0.1, -0.05) is 6.07 Å². The predicted molar refractivity (Wildman–Crippen MR) is 159 cm³/mol. The van der Waals surface area contributed by atoms with Gasteiger partial charge < -0.3 is 25.8 Å². The van der Waals surface area contributed by atoms with Crippen LogP contribution in [0, 0.1) is 0 Å². The normalized spacial score (nSPS) is 17.3. The highest BCUT2D eigenvalue weighted by molar-refractivity contribution is 6.27. The zero-order valence-electron chi connectivity index (χ0n) is 23.4. The average Bonchev–Trinajstić information content (AvgIpc) is 2.94. The van der Waals surface area contributed by atoms with E-state index >= 15 is 0 Å². The van der Waals surface area contributed by atoms with Crippen LogP contribution in [0.4, 0.5) is 21.9 Å². The van der Waals surface area contributed by atoms with E-state index in [0.717, 1.165) is 66.5 Å². The number of fused-ring (bicyclic) bond motifs is 1. The number of pyridine rings is 2. The average molecular weight is 541 g/mol. The van der Waals surface area contributed by atoms with Crippen molar-refractivity contribution in [3.8, 4) is 11.1 Å². The van der Waals surface area contributed by atoms with Gasteiger partial charge in [0, 0.05) is 93.3 Å². The molecule has 0 saturated carbocycles. The van der Waals surface area contributed by atoms with Gasteiger partial charge in [-0.3, -0.25) is 19.7 Å². The van der Waals surface area contributed by atoms with E-state index in [1.165, 1.54) is 4.90 Å². The highest BCUT2D eigenvalue weighted by Gasteiger charge is 2.23. The Kier molecular flexibility index (Phi) is 8.09. The lowest BCUT2D eigenvalue weighted by molar-refractivity contribution is -0.111. The molecule has 3 aromatic rings. The first kappa shape index (κ1) is 27.3. The van der Waals surface area contributed by atoms with Crippen molar-refractivity contribution in [1.29, 1.82) is 0 Å². The minimum Gasteiger partial charge on any atom is -0.379 e. The van der Waals surface area contributed by atoms with Gasteiger partial charge in [0.2, 0.25) is 0 Å². The Hall–Kier alpha value is -4.28. The van der Waals surface area contributed by atoms with Crippen LogP contribution in [0.25, 0.3) is 16.7 Å². The lowest BCUT2D eigenvalue weighted by atomic mass is 9.93. The second-order valence-electron chi connectivity index (χ2n) is 10.6. The number of piperazine rings is 1. The second-order valence-corrected chi connectivity index (χ2v) is 10.6. The monoisotopic (exact) mass is 540 g/mol. The Morgan fingerprint density at radius 3 is 2.58 bits per heavy atom. The summed E-state index contributed by atoms with van der Waals surface area (Å²) < 4.78 is 0. The molecule has 2 aliphatic heterocycles. The Bertz CT molecular complexity index is 1430. The third-order valence-corrected chi connectivity index (χ3v) is 7.14. The van der Waals surface area contributed by atoms with Gasteiger partial charge in [0.1, 0.15) is 0 Å². The van der Waals surface area contributed by atoms with Gasteiger partial charge >= 0.3 is 6.03 Å². The number of hydrogen-bond donors (Lipinski definition) is 3. The Morgan fingerprint density at radius 2 is 1.80 bits per heavy atom. The largest absolute Gasteiger partial charge is 0.379 e. The van der Waals surface area contributed by atoms with Crippen LogP contribution in [0.3, 0.4) is 0 Å². The van der Waals surface area contributed by atoms with Crippen LogP contribution in [0.15, 0.2) is 61.1 Å². The molecule has 40 heavy (non-hydrogen) atoms. The second kappa shape index (κ2) is 11.8. The SMILES string of the molecule is CC1C=C(C(=O)Nc2ccnc(CN3CCN(C)CC3)c2)c2cc(-c3cncc(NC(=O)N(C)C)c3)ccc2N1.